The van der Waals surface area contributed by atoms with Crippen LogP contribution in [0.4, 0.5) is 0 Å². The fourth-order valence-corrected chi connectivity index (χ4v) is 16.7. The Morgan fingerprint density at radius 1 is 0.632 bits per heavy atom. The van der Waals surface area contributed by atoms with E-state index in [1.807, 2.05) is 50.2 Å². The highest BCUT2D eigenvalue weighted by molar-refractivity contribution is 6.32. The summed E-state index contributed by atoms with van der Waals surface area (Å²) in [6.07, 6.45) is -23.0. The number of carbonyl (C=O) groups is 8. The van der Waals surface area contributed by atoms with E-state index in [1.165, 1.54) is 51.2 Å². The summed E-state index contributed by atoms with van der Waals surface area (Å²) in [6, 6.07) is 14.5. The Bertz CT molecular complexity index is 5250. The lowest BCUT2D eigenvalue weighted by molar-refractivity contribution is -0.334. The summed E-state index contributed by atoms with van der Waals surface area (Å²) in [6.45, 7) is 9.06. The van der Waals surface area contributed by atoms with E-state index in [9.17, 15) is 65.4 Å². The van der Waals surface area contributed by atoms with E-state index in [1.54, 1.807) is 26.0 Å². The van der Waals surface area contributed by atoms with Crippen molar-refractivity contribution in [3.8, 4) is 68.2 Å². The smallest absolute Gasteiger partial charge is 0.330 e. The van der Waals surface area contributed by atoms with E-state index in [4.69, 9.17) is 84.2 Å². The van der Waals surface area contributed by atoms with Crippen molar-refractivity contribution in [2.45, 2.75) is 207 Å². The molecule has 125 heavy (non-hydrogen) atoms. The fourth-order valence-electron chi connectivity index (χ4n) is 16.2. The maximum absolute atomic E-state index is 16.6. The number of primary amides is 1. The molecular formula is C86H97Cl3N10O26. The van der Waals surface area contributed by atoms with Gasteiger partial charge in [0.15, 0.2) is 36.2 Å². The van der Waals surface area contributed by atoms with Gasteiger partial charge in [0.25, 0.3) is 0 Å². The zero-order valence-electron chi connectivity index (χ0n) is 68.3. The number of aliphatic hydroxyl groups excluding tert-OH is 6. The molecule has 7 aromatic rings. The van der Waals surface area contributed by atoms with Crippen molar-refractivity contribution in [2.24, 2.45) is 17.4 Å². The molecule has 0 radical (unpaired) electrons. The predicted octanol–water partition coefficient (Wildman–Crippen LogP) is 4.50. The SMILES string of the molecule is CN[C@H](CC(C)C)C(=O)N[C@H]1C(=O)N[C@@H](CC(N)=O)C(=O)N[C@H]2C(=O)N[C@H]3C(=O)N[C@H](C(=O)N[C@@H](C(=O)O)c4cc(O)cc(O)c4-c4cc3ccc4O)[C@H](OC3C[C@](C)(N)[C@@H](O)[C@H](C)O3)c3ccc(c(Cl)c3)Oc3cc2cc(c3O[C@@H]2O[C@H](CO)[C@@H](O)[C@H](O)[C@H]2OC2C[C@](C)(NCc3ccc(-c4ccc(Cl)cc4)cc3)[C@@H](O)[C@H](C)O2)Oc2ccc(cc2Cl)[C@H]1O. The van der Waals surface area contributed by atoms with Crippen LogP contribution in [0, 0.1) is 5.92 Å². The van der Waals surface area contributed by atoms with Crippen LogP contribution in [0.25, 0.3) is 22.3 Å². The van der Waals surface area contributed by atoms with Gasteiger partial charge in [-0.25, -0.2) is 4.79 Å². The van der Waals surface area contributed by atoms with E-state index in [0.29, 0.717) is 5.02 Å². The first kappa shape index (κ1) is 92.1. The number of carbonyl (C=O) groups excluding carboxylic acids is 7. The molecule has 3 fully saturated rings. The molecule has 668 valence electrons. The monoisotopic (exact) mass is 1790 g/mol. The third-order valence-electron chi connectivity index (χ3n) is 22.9. The van der Waals surface area contributed by atoms with Crippen LogP contribution in [0.1, 0.15) is 131 Å². The minimum absolute atomic E-state index is 0.119. The highest BCUT2D eigenvalue weighted by atomic mass is 35.5. The van der Waals surface area contributed by atoms with Crippen LogP contribution in [0.3, 0.4) is 0 Å². The van der Waals surface area contributed by atoms with Crippen molar-refractivity contribution >= 4 is 82.1 Å². The number of carboxylic acids is 1. The van der Waals surface area contributed by atoms with E-state index in [2.05, 4.69) is 42.5 Å². The van der Waals surface area contributed by atoms with Crippen LogP contribution < -0.4 is 68.2 Å². The molecule has 36 nitrogen and oxygen atoms in total. The Hall–Kier alpha value is -10.6. The van der Waals surface area contributed by atoms with Crippen LogP contribution >= 0.6 is 34.8 Å². The molecular weight excluding hydrogens is 1700 g/mol. The molecule has 0 aromatic heterocycles. The van der Waals surface area contributed by atoms with Gasteiger partial charge in [0.1, 0.15) is 89.5 Å². The van der Waals surface area contributed by atoms with Crippen LogP contribution in [-0.2, 0) is 68.6 Å². The molecule has 0 aliphatic carbocycles. The highest BCUT2D eigenvalue weighted by Gasteiger charge is 2.53. The lowest BCUT2D eigenvalue weighted by atomic mass is 9.84. The molecule has 0 spiro atoms. The first-order valence-corrected chi connectivity index (χ1v) is 41.2. The van der Waals surface area contributed by atoms with Gasteiger partial charge in [-0.15, -0.1) is 0 Å². The molecule has 22 N–H and O–H groups in total. The summed E-state index contributed by atoms with van der Waals surface area (Å²) in [5, 5.41) is 138. The number of ether oxygens (including phenoxy) is 8. The second-order valence-electron chi connectivity index (χ2n) is 32.7. The van der Waals surface area contributed by atoms with Crippen molar-refractivity contribution in [3.05, 3.63) is 176 Å². The molecule has 15 rings (SSSR count). The molecule has 8 aliphatic heterocycles. The van der Waals surface area contributed by atoms with Gasteiger partial charge in [0.2, 0.25) is 53.4 Å². The van der Waals surface area contributed by atoms with Crippen molar-refractivity contribution in [3.63, 3.8) is 0 Å². The number of nitrogens with one attached hydrogen (secondary N) is 8. The van der Waals surface area contributed by atoms with E-state index in [0.717, 1.165) is 65.2 Å². The Morgan fingerprint density at radius 2 is 1.22 bits per heavy atom. The van der Waals surface area contributed by atoms with Gasteiger partial charge < -0.3 is 143 Å². The number of rotatable bonds is 19. The standard InChI is InChI=1S/C86H97Cl3N10O26/c1-35(2)22-51(92-7)77(110)98-67-69(105)42-15-20-55(49(88)24-42)120-57-26-44-27-58(73(57)125-84-74(71(107)70(106)59(34-100)122-84)124-62-32-86(6,76(109)37(4)119-62)93-33-38-8-10-39(11-9-38)40-12-17-45(87)18-13-40)121-56-21-16-43(25-50(56)89)72(123-61-31-85(5,91)75(108)36(3)118-61)68-82(115)97-66(83(116)117)48-28-46(101)29-54(103)63(48)47-23-41(14-19-53(47)102)64(79(112)99-68)96-80(113)65(44)95-78(111)52(30-60(90)104)94-81(67)114/h8-21,23-29,35-37,51-52,59,61-62,64-72,74-76,84,92-93,100-103,105-109H,22,30-34,91H2,1-7H3,(H2,90,104)(H,94,114)(H,95,111)(H,96,113)(H,97,115)(H,98,110)(H,99,112)(H,116,117)/t36-,37-,51+,52-,59+,61?,62?,64+,65+,66+,67+,68-,69+,70+,71-,72+,74+,75-,76-,84-,85-,86-/m0/s1. The fraction of sp³-hybridized carbons (Fsp3) is 0.419. The van der Waals surface area contributed by atoms with Gasteiger partial charge in [-0.05, 0) is 153 Å². The molecule has 7 amide bonds. The van der Waals surface area contributed by atoms with Crippen LogP contribution in [0.15, 0.2) is 127 Å². The average Bonchev–Trinajstić information content (AvgIpc) is 0.762. The number of aliphatic hydroxyl groups is 6. The number of amides is 7. The van der Waals surface area contributed by atoms with Crippen LogP contribution in [0.2, 0.25) is 15.1 Å². The second-order valence-corrected chi connectivity index (χ2v) is 34.0. The summed E-state index contributed by atoms with van der Waals surface area (Å²) >= 11 is 20.8. The quantitative estimate of drug-likeness (QED) is 0.0530. The summed E-state index contributed by atoms with van der Waals surface area (Å²) < 4.78 is 52.9. The summed E-state index contributed by atoms with van der Waals surface area (Å²) in [5.74, 6) is -16.1. The highest BCUT2D eigenvalue weighted by Crippen LogP contribution is 2.51. The Balaban J connectivity index is 1.02. The van der Waals surface area contributed by atoms with Crippen LogP contribution in [0.5, 0.6) is 46.0 Å². The number of likely N-dealkylation sites (N-methyl/N-ethyl adjacent to an activating group) is 1. The number of aromatic hydroxyl groups is 3. The third kappa shape index (κ3) is 20.1. The zero-order valence-corrected chi connectivity index (χ0v) is 70.6. The molecule has 7 aromatic carbocycles. The lowest BCUT2D eigenvalue weighted by Gasteiger charge is -2.48. The number of halogens is 3. The number of carboxylic acid groups (broad SMARTS) is 1. The molecule has 39 heteroatoms. The first-order chi connectivity index (χ1) is 59.2. The molecule has 8 aliphatic rings. The summed E-state index contributed by atoms with van der Waals surface area (Å²) in [4.78, 5) is 121. The topological polar surface area (TPSA) is 561 Å². The summed E-state index contributed by atoms with van der Waals surface area (Å²) in [5.41, 5.74) is 9.60. The Morgan fingerprint density at radius 3 is 1.83 bits per heavy atom. The van der Waals surface area contributed by atoms with Gasteiger partial charge >= 0.3 is 5.97 Å². The molecule has 22 atom stereocenters. The Kier molecular flexibility index (Phi) is 27.9. The number of nitrogens with two attached hydrogens (primary N) is 2. The minimum Gasteiger partial charge on any atom is -0.508 e. The number of benzene rings is 7. The lowest BCUT2D eigenvalue weighted by Crippen LogP contribution is -2.65. The van der Waals surface area contributed by atoms with Crippen molar-refractivity contribution < 1.29 is 127 Å². The maximum Gasteiger partial charge on any atom is 0.330 e. The molecule has 11 bridgehead atoms. The van der Waals surface area contributed by atoms with Gasteiger partial charge in [0.05, 0.1) is 53.5 Å². The van der Waals surface area contributed by atoms with E-state index in [-0.39, 0.29) is 59.2 Å². The van der Waals surface area contributed by atoms with Crippen molar-refractivity contribution in [1.29, 1.82) is 0 Å². The number of aliphatic carboxylic acids is 1. The maximum atomic E-state index is 16.6. The van der Waals surface area contributed by atoms with E-state index < -0.39 is 261 Å². The van der Waals surface area contributed by atoms with Gasteiger partial charge in [0, 0.05) is 58.2 Å². The number of fused-ring (bicyclic) bond motifs is 15. The summed E-state index contributed by atoms with van der Waals surface area (Å²) in [7, 11) is 1.48. The predicted molar refractivity (Wildman–Crippen MR) is 445 cm³/mol. The average molecular weight is 1790 g/mol. The van der Waals surface area contributed by atoms with Gasteiger partial charge in [-0.1, -0.05) is 103 Å². The number of hydrogen-bond acceptors (Lipinski definition) is 28. The van der Waals surface area contributed by atoms with Gasteiger partial charge in [-0.3, -0.25) is 33.6 Å². The first-order valence-electron chi connectivity index (χ1n) is 40.1. The number of phenols is 3. The van der Waals surface area contributed by atoms with Crippen molar-refractivity contribution in [2.75, 3.05) is 13.7 Å². The second kappa shape index (κ2) is 37.9. The normalized spacial score (nSPS) is 29.7. The number of phenolic OH excluding ortho intramolecular Hbond substituents is 3. The largest absolute Gasteiger partial charge is 0.508 e. The number of hydrogen-bond donors (Lipinski definition) is 20. The Labute approximate surface area is 730 Å². The van der Waals surface area contributed by atoms with Crippen LogP contribution in [-0.4, -0.2) is 215 Å². The minimum atomic E-state index is -2.40. The molecule has 2 unspecified atom stereocenters. The molecule has 3 saturated heterocycles. The zero-order chi connectivity index (χ0) is 90.3. The third-order valence-corrected chi connectivity index (χ3v) is 23.8. The molecule has 0 saturated carbocycles. The molecule has 8 heterocycles. The van der Waals surface area contributed by atoms with Crippen molar-refractivity contribution in [1.82, 2.24) is 42.5 Å². The van der Waals surface area contributed by atoms with E-state index >= 15 is 24.0 Å². The van der Waals surface area contributed by atoms with Gasteiger partial charge in [-0.2, -0.15) is 0 Å².